The Morgan fingerprint density at radius 3 is 2.29 bits per heavy atom. The van der Waals surface area contributed by atoms with Gasteiger partial charge in [0.25, 0.3) is 0 Å². The minimum absolute atomic E-state index is 0.0679. The van der Waals surface area contributed by atoms with Crippen LogP contribution in [0.5, 0.6) is 0 Å². The molecular formula is C15H9Cl2NO2S. The minimum atomic E-state index is -0.638. The monoisotopic (exact) mass is 337 g/mol. The first-order chi connectivity index (χ1) is 9.97. The number of carbonyl (C=O) groups excluding carboxylic acids is 2. The van der Waals surface area contributed by atoms with Crippen molar-refractivity contribution < 1.29 is 9.59 Å². The lowest BCUT2D eigenvalue weighted by molar-refractivity contribution is 0.101. The van der Waals surface area contributed by atoms with Gasteiger partial charge in [0.1, 0.15) is 0 Å². The van der Waals surface area contributed by atoms with E-state index in [1.807, 2.05) is 12.1 Å². The molecule has 0 saturated heterocycles. The smallest absolute Gasteiger partial charge is 0.295 e. The lowest BCUT2D eigenvalue weighted by atomic mass is 10.1. The third kappa shape index (κ3) is 2.55. The van der Waals surface area contributed by atoms with E-state index in [-0.39, 0.29) is 5.78 Å². The van der Waals surface area contributed by atoms with Crippen LogP contribution < -0.4 is 4.90 Å². The Balaban J connectivity index is 2.23. The zero-order valence-electron chi connectivity index (χ0n) is 10.9. The van der Waals surface area contributed by atoms with Gasteiger partial charge in [-0.2, -0.15) is 0 Å². The Bertz CT molecular complexity index is 776. The average Bonchev–Trinajstić information content (AvgIpc) is 2.43. The first-order valence-corrected chi connectivity index (χ1v) is 7.66. The molecule has 0 aliphatic carbocycles. The quantitative estimate of drug-likeness (QED) is 0.391. The van der Waals surface area contributed by atoms with Crippen LogP contribution in [0.15, 0.2) is 46.2 Å². The molecule has 2 aromatic carbocycles. The minimum Gasteiger partial charge on any atom is -0.295 e. The molecule has 0 radical (unpaired) electrons. The Labute approximate surface area is 135 Å². The van der Waals surface area contributed by atoms with Gasteiger partial charge < -0.3 is 0 Å². The number of nitrogens with zero attached hydrogens (tertiary/aromatic N) is 1. The van der Waals surface area contributed by atoms with Crippen LogP contribution in [0, 0.1) is 0 Å². The second-order valence-corrected chi connectivity index (χ2v) is 6.38. The third-order valence-electron chi connectivity index (χ3n) is 3.16. The van der Waals surface area contributed by atoms with E-state index in [1.54, 1.807) is 24.3 Å². The van der Waals surface area contributed by atoms with Crippen LogP contribution >= 0.6 is 35.0 Å². The first kappa shape index (κ1) is 14.4. The molecule has 0 unspecified atom stereocenters. The maximum absolute atomic E-state index is 11.9. The van der Waals surface area contributed by atoms with Crippen molar-refractivity contribution in [1.82, 2.24) is 0 Å². The van der Waals surface area contributed by atoms with E-state index in [2.05, 4.69) is 0 Å². The molecule has 0 spiro atoms. The van der Waals surface area contributed by atoms with Gasteiger partial charge in [0.05, 0.1) is 11.4 Å². The second kappa shape index (κ2) is 5.37. The molecule has 0 saturated carbocycles. The number of hydrogen-bond acceptors (Lipinski definition) is 3. The summed E-state index contributed by atoms with van der Waals surface area (Å²) in [6.07, 6.45) is 0. The normalized spacial score (nSPS) is 12.6. The van der Waals surface area contributed by atoms with Crippen molar-refractivity contribution in [3.05, 3.63) is 47.0 Å². The summed E-state index contributed by atoms with van der Waals surface area (Å²) in [7, 11) is 0. The highest BCUT2D eigenvalue weighted by molar-refractivity contribution is 7.99. The number of benzene rings is 2. The lowest BCUT2D eigenvalue weighted by Crippen LogP contribution is -2.23. The molecule has 2 aromatic rings. The van der Waals surface area contributed by atoms with Gasteiger partial charge >= 0.3 is 5.37 Å². The SMILES string of the molecule is CC(=O)c1ccc2c(c1)N(C(=O)Cl)c1cc(Cl)ccc1S2. The molecule has 0 fully saturated rings. The number of anilines is 2. The summed E-state index contributed by atoms with van der Waals surface area (Å²) in [6.45, 7) is 1.48. The summed E-state index contributed by atoms with van der Waals surface area (Å²) < 4.78 is 0. The van der Waals surface area contributed by atoms with Gasteiger partial charge in [0.15, 0.2) is 5.78 Å². The summed E-state index contributed by atoms with van der Waals surface area (Å²) in [5, 5.41) is -0.121. The fourth-order valence-corrected chi connectivity index (χ4v) is 3.55. The van der Waals surface area contributed by atoms with Crippen molar-refractivity contribution in [3.8, 4) is 0 Å². The predicted octanol–water partition coefficient (Wildman–Crippen LogP) is 5.50. The fraction of sp³-hybridized carbons (Fsp3) is 0.0667. The number of halogens is 2. The van der Waals surface area contributed by atoms with Gasteiger partial charge in [-0.1, -0.05) is 29.4 Å². The summed E-state index contributed by atoms with van der Waals surface area (Å²) in [6, 6.07) is 10.5. The number of fused-ring (bicyclic) bond motifs is 2. The van der Waals surface area contributed by atoms with Crippen molar-refractivity contribution in [2.24, 2.45) is 0 Å². The summed E-state index contributed by atoms with van der Waals surface area (Å²) in [5.74, 6) is -0.0679. The van der Waals surface area contributed by atoms with E-state index in [1.165, 1.54) is 23.6 Å². The molecule has 3 rings (SSSR count). The van der Waals surface area contributed by atoms with Gasteiger partial charge in [-0.05, 0) is 48.9 Å². The highest BCUT2D eigenvalue weighted by Crippen LogP contribution is 2.49. The van der Waals surface area contributed by atoms with Crippen molar-refractivity contribution in [2.75, 3.05) is 4.90 Å². The van der Waals surface area contributed by atoms with Crippen LogP contribution in [0.1, 0.15) is 17.3 Å². The molecule has 1 aliphatic heterocycles. The van der Waals surface area contributed by atoms with Crippen LogP contribution in [0.3, 0.4) is 0 Å². The Kier molecular flexibility index (Phi) is 3.69. The van der Waals surface area contributed by atoms with E-state index in [4.69, 9.17) is 23.2 Å². The molecular weight excluding hydrogens is 329 g/mol. The number of amides is 1. The molecule has 106 valence electrons. The second-order valence-electron chi connectivity index (χ2n) is 4.54. The van der Waals surface area contributed by atoms with Crippen LogP contribution in [-0.4, -0.2) is 11.1 Å². The Hall–Kier alpha value is -1.49. The zero-order chi connectivity index (χ0) is 15.1. The largest absolute Gasteiger partial charge is 0.325 e. The topological polar surface area (TPSA) is 37.4 Å². The zero-order valence-corrected chi connectivity index (χ0v) is 13.2. The van der Waals surface area contributed by atoms with Gasteiger partial charge in [0, 0.05) is 20.4 Å². The number of hydrogen-bond donors (Lipinski definition) is 0. The summed E-state index contributed by atoms with van der Waals surface area (Å²) >= 11 is 13.3. The van der Waals surface area contributed by atoms with E-state index in [9.17, 15) is 9.59 Å². The molecule has 6 heteroatoms. The van der Waals surface area contributed by atoms with E-state index >= 15 is 0 Å². The molecule has 1 heterocycles. The number of carbonyl (C=O) groups is 2. The molecule has 3 nitrogen and oxygen atoms in total. The van der Waals surface area contributed by atoms with Crippen LogP contribution in [0.25, 0.3) is 0 Å². The van der Waals surface area contributed by atoms with E-state index < -0.39 is 5.37 Å². The number of Topliss-reactive ketones (excluding diaryl/α,β-unsaturated/α-hetero) is 1. The molecule has 1 aliphatic rings. The lowest BCUT2D eigenvalue weighted by Gasteiger charge is -2.29. The molecule has 0 bridgehead atoms. The highest BCUT2D eigenvalue weighted by atomic mass is 35.5. The standard InChI is InChI=1S/C15H9Cl2NO2S/c1-8(19)9-2-4-13-11(6-9)18(15(17)20)12-7-10(16)3-5-14(12)21-13/h2-7H,1H3. The van der Waals surface area contributed by atoms with Gasteiger partial charge in [-0.3, -0.25) is 14.5 Å². The molecule has 0 aromatic heterocycles. The van der Waals surface area contributed by atoms with Crippen LogP contribution in [0.2, 0.25) is 5.02 Å². The maximum atomic E-state index is 11.9. The van der Waals surface area contributed by atoms with Crippen molar-refractivity contribution in [3.63, 3.8) is 0 Å². The van der Waals surface area contributed by atoms with Gasteiger partial charge in [-0.25, -0.2) is 0 Å². The molecule has 0 atom stereocenters. The van der Waals surface area contributed by atoms with Crippen molar-refractivity contribution in [2.45, 2.75) is 16.7 Å². The summed E-state index contributed by atoms with van der Waals surface area (Å²) in [5.41, 5.74) is 1.76. The van der Waals surface area contributed by atoms with Crippen LogP contribution in [0.4, 0.5) is 16.2 Å². The number of rotatable bonds is 1. The van der Waals surface area contributed by atoms with Gasteiger partial charge in [0.2, 0.25) is 0 Å². The van der Waals surface area contributed by atoms with Crippen molar-refractivity contribution >= 4 is 57.5 Å². The first-order valence-electron chi connectivity index (χ1n) is 6.09. The molecule has 21 heavy (non-hydrogen) atoms. The average molecular weight is 338 g/mol. The summed E-state index contributed by atoms with van der Waals surface area (Å²) in [4.78, 5) is 26.5. The molecule has 1 amide bonds. The number of ketones is 1. The van der Waals surface area contributed by atoms with Gasteiger partial charge in [-0.15, -0.1) is 0 Å². The fourth-order valence-electron chi connectivity index (χ4n) is 2.19. The molecule has 0 N–H and O–H groups in total. The predicted molar refractivity (Wildman–Crippen MR) is 85.4 cm³/mol. The Morgan fingerprint density at radius 1 is 1.05 bits per heavy atom. The maximum Gasteiger partial charge on any atom is 0.325 e. The highest BCUT2D eigenvalue weighted by Gasteiger charge is 2.28. The van der Waals surface area contributed by atoms with E-state index in [0.29, 0.717) is 22.0 Å². The van der Waals surface area contributed by atoms with Crippen molar-refractivity contribution in [1.29, 1.82) is 0 Å². The van der Waals surface area contributed by atoms with Crippen LogP contribution in [-0.2, 0) is 0 Å². The Morgan fingerprint density at radius 2 is 1.67 bits per heavy atom. The van der Waals surface area contributed by atoms with E-state index in [0.717, 1.165) is 9.79 Å². The third-order valence-corrected chi connectivity index (χ3v) is 4.70.